The highest BCUT2D eigenvalue weighted by atomic mass is 79.9. The molecule has 0 N–H and O–H groups in total. The first-order valence-electron chi connectivity index (χ1n) is 4.71. The van der Waals surface area contributed by atoms with Crippen molar-refractivity contribution in [3.63, 3.8) is 0 Å². The number of aromatic nitrogens is 3. The number of hydrogen-bond acceptors (Lipinski definition) is 2. The second-order valence-electron chi connectivity index (χ2n) is 3.40. The SMILES string of the molecule is CC(Cl)c1cn(-c2ccc(Br)c(Cl)c2Cl)nn1. The molecule has 0 radical (unpaired) electrons. The quantitative estimate of drug-likeness (QED) is 0.580. The predicted octanol–water partition coefficient (Wildman–Crippen LogP) is 4.64. The van der Waals surface area contributed by atoms with Crippen molar-refractivity contribution in [2.24, 2.45) is 0 Å². The summed E-state index contributed by atoms with van der Waals surface area (Å²) >= 11 is 21.4. The molecule has 1 heterocycles. The third-order valence-electron chi connectivity index (χ3n) is 2.18. The molecule has 7 heteroatoms. The van der Waals surface area contributed by atoms with E-state index in [1.807, 2.05) is 6.92 Å². The van der Waals surface area contributed by atoms with Gasteiger partial charge in [-0.1, -0.05) is 28.4 Å². The van der Waals surface area contributed by atoms with E-state index in [1.165, 1.54) is 0 Å². The zero-order valence-corrected chi connectivity index (χ0v) is 12.5. The number of halogens is 4. The monoisotopic (exact) mass is 353 g/mol. The highest BCUT2D eigenvalue weighted by Gasteiger charge is 2.13. The van der Waals surface area contributed by atoms with E-state index in [0.717, 1.165) is 4.47 Å². The maximum absolute atomic E-state index is 6.14. The molecule has 90 valence electrons. The van der Waals surface area contributed by atoms with Crippen LogP contribution in [0.2, 0.25) is 10.0 Å². The van der Waals surface area contributed by atoms with Crippen LogP contribution in [0.25, 0.3) is 5.69 Å². The Morgan fingerprint density at radius 3 is 2.59 bits per heavy atom. The van der Waals surface area contributed by atoms with Crippen LogP contribution in [-0.2, 0) is 0 Å². The highest BCUT2D eigenvalue weighted by Crippen LogP contribution is 2.34. The first-order valence-corrected chi connectivity index (χ1v) is 6.69. The minimum absolute atomic E-state index is 0.201. The van der Waals surface area contributed by atoms with Crippen LogP contribution < -0.4 is 0 Å². The maximum Gasteiger partial charge on any atom is 0.101 e. The summed E-state index contributed by atoms with van der Waals surface area (Å²) in [5.41, 5.74) is 1.35. The molecule has 0 aliphatic carbocycles. The van der Waals surface area contributed by atoms with Gasteiger partial charge in [0.25, 0.3) is 0 Å². The van der Waals surface area contributed by atoms with E-state index in [9.17, 15) is 0 Å². The summed E-state index contributed by atoms with van der Waals surface area (Å²) in [5, 5.41) is 8.58. The highest BCUT2D eigenvalue weighted by molar-refractivity contribution is 9.10. The number of rotatable bonds is 2. The minimum atomic E-state index is -0.201. The Bertz CT molecular complexity index is 554. The fourth-order valence-electron chi connectivity index (χ4n) is 1.27. The Balaban J connectivity index is 2.49. The van der Waals surface area contributed by atoms with Crippen molar-refractivity contribution in [3.05, 3.63) is 38.5 Å². The summed E-state index contributed by atoms with van der Waals surface area (Å²) in [6.07, 6.45) is 1.73. The lowest BCUT2D eigenvalue weighted by atomic mass is 10.3. The normalized spacial score (nSPS) is 12.8. The van der Waals surface area contributed by atoms with Gasteiger partial charge in [0, 0.05) is 4.47 Å². The second kappa shape index (κ2) is 5.14. The molecule has 2 aromatic rings. The van der Waals surface area contributed by atoms with Crippen molar-refractivity contribution >= 4 is 50.7 Å². The molecule has 17 heavy (non-hydrogen) atoms. The Hall–Kier alpha value is -0.290. The Morgan fingerprint density at radius 2 is 2.00 bits per heavy atom. The fourth-order valence-corrected chi connectivity index (χ4v) is 2.23. The molecule has 0 fully saturated rings. The number of benzene rings is 1. The van der Waals surface area contributed by atoms with Crippen molar-refractivity contribution in [2.45, 2.75) is 12.3 Å². The minimum Gasteiger partial charge on any atom is -0.219 e. The third-order valence-corrected chi connectivity index (χ3v) is 4.16. The number of hydrogen-bond donors (Lipinski definition) is 0. The molecule has 0 spiro atoms. The first kappa shape index (κ1) is 13.1. The van der Waals surface area contributed by atoms with E-state index in [-0.39, 0.29) is 5.38 Å². The molecule has 0 saturated heterocycles. The van der Waals surface area contributed by atoms with Crippen LogP contribution in [0.1, 0.15) is 18.0 Å². The lowest BCUT2D eigenvalue weighted by Crippen LogP contribution is -1.96. The smallest absolute Gasteiger partial charge is 0.101 e. The van der Waals surface area contributed by atoms with Crippen LogP contribution in [0.5, 0.6) is 0 Å². The van der Waals surface area contributed by atoms with Crippen molar-refractivity contribution in [1.29, 1.82) is 0 Å². The average molecular weight is 355 g/mol. The molecule has 3 nitrogen and oxygen atoms in total. The van der Waals surface area contributed by atoms with E-state index in [0.29, 0.717) is 21.4 Å². The number of nitrogens with zero attached hydrogens (tertiary/aromatic N) is 3. The van der Waals surface area contributed by atoms with Gasteiger partial charge in [-0.05, 0) is 35.0 Å². The van der Waals surface area contributed by atoms with Crippen LogP contribution >= 0.6 is 50.7 Å². The van der Waals surface area contributed by atoms with Gasteiger partial charge in [-0.15, -0.1) is 16.7 Å². The van der Waals surface area contributed by atoms with Gasteiger partial charge in [0.1, 0.15) is 5.69 Å². The van der Waals surface area contributed by atoms with Gasteiger partial charge in [0.05, 0.1) is 27.3 Å². The lowest BCUT2D eigenvalue weighted by molar-refractivity contribution is 0.796. The largest absolute Gasteiger partial charge is 0.219 e. The lowest BCUT2D eigenvalue weighted by Gasteiger charge is -2.06. The molecule has 1 unspecified atom stereocenters. The summed E-state index contributed by atoms with van der Waals surface area (Å²) < 4.78 is 2.29. The average Bonchev–Trinajstić information content (AvgIpc) is 2.75. The molecular formula is C10H7BrCl3N3. The Labute approximate surface area is 122 Å². The molecule has 1 atom stereocenters. The molecule has 0 aliphatic heterocycles. The summed E-state index contributed by atoms with van der Waals surface area (Å²) in [7, 11) is 0. The Kier molecular flexibility index (Phi) is 3.98. The topological polar surface area (TPSA) is 30.7 Å². The molecule has 1 aromatic heterocycles. The molecule has 2 rings (SSSR count). The summed E-state index contributed by atoms with van der Waals surface area (Å²) in [6, 6.07) is 3.60. The molecule has 0 aliphatic rings. The van der Waals surface area contributed by atoms with Gasteiger partial charge >= 0.3 is 0 Å². The van der Waals surface area contributed by atoms with E-state index in [2.05, 4.69) is 26.2 Å². The van der Waals surface area contributed by atoms with Crippen molar-refractivity contribution in [3.8, 4) is 5.69 Å². The summed E-state index contributed by atoms with van der Waals surface area (Å²) in [4.78, 5) is 0. The van der Waals surface area contributed by atoms with E-state index < -0.39 is 0 Å². The molecular weight excluding hydrogens is 348 g/mol. The molecule has 0 saturated carbocycles. The fraction of sp³-hybridized carbons (Fsp3) is 0.200. The van der Waals surface area contributed by atoms with E-state index >= 15 is 0 Å². The standard InChI is InChI=1S/C10H7BrCl3N3/c1-5(12)7-4-17(16-15-7)8-3-2-6(11)9(13)10(8)14/h2-5H,1H3. The predicted molar refractivity (Wildman–Crippen MR) is 73.3 cm³/mol. The first-order chi connectivity index (χ1) is 8.00. The van der Waals surface area contributed by atoms with Gasteiger partial charge in [-0.3, -0.25) is 0 Å². The van der Waals surface area contributed by atoms with Gasteiger partial charge in [-0.2, -0.15) is 0 Å². The van der Waals surface area contributed by atoms with Crippen molar-refractivity contribution in [2.75, 3.05) is 0 Å². The third kappa shape index (κ3) is 2.60. The number of alkyl halides is 1. The maximum atomic E-state index is 6.14. The van der Waals surface area contributed by atoms with Crippen LogP contribution in [0, 0.1) is 0 Å². The summed E-state index contributed by atoms with van der Waals surface area (Å²) in [5.74, 6) is 0. The van der Waals surface area contributed by atoms with Gasteiger partial charge < -0.3 is 0 Å². The zero-order valence-electron chi connectivity index (χ0n) is 8.66. The molecule has 0 amide bonds. The summed E-state index contributed by atoms with van der Waals surface area (Å²) in [6.45, 7) is 1.83. The van der Waals surface area contributed by atoms with E-state index in [4.69, 9.17) is 34.8 Å². The second-order valence-corrected chi connectivity index (χ2v) is 5.66. The van der Waals surface area contributed by atoms with Crippen LogP contribution in [-0.4, -0.2) is 15.0 Å². The van der Waals surface area contributed by atoms with E-state index in [1.54, 1.807) is 23.0 Å². The van der Waals surface area contributed by atoms with Crippen molar-refractivity contribution in [1.82, 2.24) is 15.0 Å². The van der Waals surface area contributed by atoms with Crippen molar-refractivity contribution < 1.29 is 0 Å². The Morgan fingerprint density at radius 1 is 1.29 bits per heavy atom. The van der Waals surface area contributed by atoms with Crippen LogP contribution in [0.15, 0.2) is 22.8 Å². The van der Waals surface area contributed by atoms with Gasteiger partial charge in [0.15, 0.2) is 0 Å². The van der Waals surface area contributed by atoms with Crippen LogP contribution in [0.4, 0.5) is 0 Å². The van der Waals surface area contributed by atoms with Crippen LogP contribution in [0.3, 0.4) is 0 Å². The molecule has 1 aromatic carbocycles. The van der Waals surface area contributed by atoms with Gasteiger partial charge in [-0.25, -0.2) is 4.68 Å². The molecule has 0 bridgehead atoms. The zero-order chi connectivity index (χ0) is 12.6. The van der Waals surface area contributed by atoms with Gasteiger partial charge in [0.2, 0.25) is 0 Å².